The Balaban J connectivity index is 0.00000169. The Kier molecular flexibility index (Phi) is 10.2. The van der Waals surface area contributed by atoms with Gasteiger partial charge in [0.1, 0.15) is 5.82 Å². The van der Waals surface area contributed by atoms with Gasteiger partial charge in [-0.05, 0) is 31.0 Å². The number of hydrogen-bond acceptors (Lipinski definition) is 5. The van der Waals surface area contributed by atoms with Crippen molar-refractivity contribution in [1.82, 2.24) is 20.5 Å². The number of hydrogen-bond donors (Lipinski definition) is 2. The van der Waals surface area contributed by atoms with Gasteiger partial charge in [0.2, 0.25) is 5.91 Å². The van der Waals surface area contributed by atoms with Crippen molar-refractivity contribution in [2.75, 3.05) is 50.7 Å². The first-order valence-electron chi connectivity index (χ1n) is 9.11. The maximum absolute atomic E-state index is 12.2. The molecule has 148 valence electrons. The number of nitrogens with zero attached hydrogens (tertiary/aromatic N) is 3. The number of rotatable bonds is 5. The van der Waals surface area contributed by atoms with Crippen LogP contribution in [-0.4, -0.2) is 67.6 Å². The van der Waals surface area contributed by atoms with Crippen LogP contribution in [0.4, 0.5) is 5.82 Å². The molecule has 6 nitrogen and oxygen atoms in total. The summed E-state index contributed by atoms with van der Waals surface area (Å²) in [7, 11) is 0. The van der Waals surface area contributed by atoms with E-state index >= 15 is 0 Å². The van der Waals surface area contributed by atoms with Crippen molar-refractivity contribution < 1.29 is 4.79 Å². The molecule has 0 saturated carbocycles. The average molecular weight is 404 g/mol. The van der Waals surface area contributed by atoms with Gasteiger partial charge in [-0.3, -0.25) is 9.69 Å². The summed E-state index contributed by atoms with van der Waals surface area (Å²) in [6.45, 7) is 8.96. The lowest BCUT2D eigenvalue weighted by Gasteiger charge is -2.35. The second kappa shape index (κ2) is 11.6. The van der Waals surface area contributed by atoms with Crippen molar-refractivity contribution in [3.05, 3.63) is 24.4 Å². The first kappa shape index (κ1) is 23.0. The molecule has 3 heterocycles. The summed E-state index contributed by atoms with van der Waals surface area (Å²) in [6.07, 6.45) is 3.57. The van der Waals surface area contributed by atoms with Crippen molar-refractivity contribution in [1.29, 1.82) is 0 Å². The van der Waals surface area contributed by atoms with Crippen LogP contribution in [0.5, 0.6) is 0 Å². The van der Waals surface area contributed by atoms with Crippen molar-refractivity contribution >= 4 is 36.5 Å². The van der Waals surface area contributed by atoms with Crippen LogP contribution in [0.1, 0.15) is 19.8 Å². The van der Waals surface area contributed by atoms with Gasteiger partial charge in [-0.2, -0.15) is 0 Å². The molecule has 2 aliphatic heterocycles. The fourth-order valence-corrected chi connectivity index (χ4v) is 3.46. The van der Waals surface area contributed by atoms with Gasteiger partial charge in [-0.1, -0.05) is 13.0 Å². The minimum atomic E-state index is 0. The summed E-state index contributed by atoms with van der Waals surface area (Å²) < 4.78 is 0. The largest absolute Gasteiger partial charge is 0.354 e. The van der Waals surface area contributed by atoms with Crippen molar-refractivity contribution in [2.24, 2.45) is 5.92 Å². The number of piperidine rings is 1. The number of aromatic nitrogens is 1. The van der Waals surface area contributed by atoms with Gasteiger partial charge in [-0.25, -0.2) is 4.98 Å². The standard InChI is InChI=1S/C18H29N5O.2ClH/c1-15-5-8-19-14-16(15)21-18(24)6-9-22-10-12-23(13-11-22)17-4-2-3-7-20-17;;/h2-4,7,15-16,19H,5-6,8-14H2,1H3,(H,21,24);2*1H. The highest BCUT2D eigenvalue weighted by atomic mass is 35.5. The lowest BCUT2D eigenvalue weighted by atomic mass is 9.95. The molecule has 1 aromatic heterocycles. The molecule has 1 aromatic rings. The monoisotopic (exact) mass is 403 g/mol. The van der Waals surface area contributed by atoms with E-state index in [2.05, 4.69) is 38.4 Å². The van der Waals surface area contributed by atoms with Crippen LogP contribution < -0.4 is 15.5 Å². The Morgan fingerprint density at radius 1 is 1.27 bits per heavy atom. The zero-order valence-electron chi connectivity index (χ0n) is 15.4. The van der Waals surface area contributed by atoms with Gasteiger partial charge in [0.25, 0.3) is 0 Å². The van der Waals surface area contributed by atoms with Crippen LogP contribution >= 0.6 is 24.8 Å². The summed E-state index contributed by atoms with van der Waals surface area (Å²) in [6, 6.07) is 6.32. The van der Waals surface area contributed by atoms with Gasteiger partial charge >= 0.3 is 0 Å². The molecular formula is C18H31Cl2N5O. The first-order valence-corrected chi connectivity index (χ1v) is 9.11. The summed E-state index contributed by atoms with van der Waals surface area (Å²) in [5, 5.41) is 6.55. The van der Waals surface area contributed by atoms with Crippen LogP contribution in [0.25, 0.3) is 0 Å². The molecule has 26 heavy (non-hydrogen) atoms. The molecular weight excluding hydrogens is 373 g/mol. The van der Waals surface area contributed by atoms with E-state index in [9.17, 15) is 4.79 Å². The number of piperazine rings is 1. The lowest BCUT2D eigenvalue weighted by Crippen LogP contribution is -2.51. The fourth-order valence-electron chi connectivity index (χ4n) is 3.46. The second-order valence-corrected chi connectivity index (χ2v) is 6.91. The van der Waals surface area contributed by atoms with E-state index < -0.39 is 0 Å². The van der Waals surface area contributed by atoms with E-state index in [1.54, 1.807) is 0 Å². The SMILES string of the molecule is CC1CCNCC1NC(=O)CCN1CCN(c2ccccn2)CC1.Cl.Cl. The van der Waals surface area contributed by atoms with Gasteiger partial charge in [-0.15, -0.1) is 24.8 Å². The Labute approximate surface area is 168 Å². The second-order valence-electron chi connectivity index (χ2n) is 6.91. The normalized spacial score (nSPS) is 23.5. The zero-order valence-corrected chi connectivity index (χ0v) is 17.0. The van der Waals surface area contributed by atoms with Crippen LogP contribution in [-0.2, 0) is 4.79 Å². The quantitative estimate of drug-likeness (QED) is 0.780. The van der Waals surface area contributed by atoms with Crippen LogP contribution in [0.15, 0.2) is 24.4 Å². The van der Waals surface area contributed by atoms with E-state index in [1.165, 1.54) is 0 Å². The molecule has 0 bridgehead atoms. The summed E-state index contributed by atoms with van der Waals surface area (Å²) in [5.41, 5.74) is 0. The highest BCUT2D eigenvalue weighted by Crippen LogP contribution is 2.13. The van der Waals surface area contributed by atoms with Crippen LogP contribution in [0.2, 0.25) is 0 Å². The number of carbonyl (C=O) groups is 1. The highest BCUT2D eigenvalue weighted by Gasteiger charge is 2.23. The van der Waals surface area contributed by atoms with Gasteiger partial charge in [0, 0.05) is 57.9 Å². The first-order chi connectivity index (χ1) is 11.7. The number of halogens is 2. The average Bonchev–Trinajstić information content (AvgIpc) is 2.63. The predicted octanol–water partition coefficient (Wildman–Crippen LogP) is 1.55. The van der Waals surface area contributed by atoms with Crippen molar-refractivity contribution in [2.45, 2.75) is 25.8 Å². The Morgan fingerprint density at radius 3 is 2.69 bits per heavy atom. The molecule has 2 unspecified atom stereocenters. The minimum Gasteiger partial charge on any atom is -0.354 e. The summed E-state index contributed by atoms with van der Waals surface area (Å²) in [5.74, 6) is 1.80. The van der Waals surface area contributed by atoms with Crippen LogP contribution in [0, 0.1) is 5.92 Å². The molecule has 2 aliphatic rings. The molecule has 1 amide bonds. The molecule has 0 spiro atoms. The summed E-state index contributed by atoms with van der Waals surface area (Å²) in [4.78, 5) is 21.3. The third kappa shape index (κ3) is 6.58. The smallest absolute Gasteiger partial charge is 0.221 e. The van der Waals surface area contributed by atoms with Gasteiger partial charge in [0.05, 0.1) is 0 Å². The number of nitrogens with one attached hydrogen (secondary N) is 2. The zero-order chi connectivity index (χ0) is 16.8. The van der Waals surface area contributed by atoms with E-state index in [1.807, 2.05) is 18.3 Å². The Hall–Kier alpha value is -1.08. The fraction of sp³-hybridized carbons (Fsp3) is 0.667. The van der Waals surface area contributed by atoms with Gasteiger partial charge < -0.3 is 15.5 Å². The topological polar surface area (TPSA) is 60.5 Å². The highest BCUT2D eigenvalue weighted by molar-refractivity contribution is 5.85. The maximum Gasteiger partial charge on any atom is 0.221 e. The maximum atomic E-state index is 12.2. The van der Waals surface area contributed by atoms with Crippen molar-refractivity contribution in [3.8, 4) is 0 Å². The molecule has 2 saturated heterocycles. The Morgan fingerprint density at radius 2 is 2.04 bits per heavy atom. The molecule has 2 fully saturated rings. The lowest BCUT2D eigenvalue weighted by molar-refractivity contribution is -0.122. The Bertz CT molecular complexity index is 526. The predicted molar refractivity (Wildman–Crippen MR) is 111 cm³/mol. The molecule has 8 heteroatoms. The number of carbonyl (C=O) groups excluding carboxylic acids is 1. The third-order valence-corrected chi connectivity index (χ3v) is 5.17. The molecule has 0 radical (unpaired) electrons. The third-order valence-electron chi connectivity index (χ3n) is 5.17. The summed E-state index contributed by atoms with van der Waals surface area (Å²) >= 11 is 0. The molecule has 0 aromatic carbocycles. The number of amides is 1. The van der Waals surface area contributed by atoms with E-state index in [0.717, 1.165) is 58.1 Å². The molecule has 0 aliphatic carbocycles. The van der Waals surface area contributed by atoms with Gasteiger partial charge in [0.15, 0.2) is 0 Å². The van der Waals surface area contributed by atoms with E-state index in [0.29, 0.717) is 12.3 Å². The van der Waals surface area contributed by atoms with E-state index in [4.69, 9.17) is 0 Å². The molecule has 3 rings (SSSR count). The number of pyridine rings is 1. The molecule has 2 atom stereocenters. The number of anilines is 1. The van der Waals surface area contributed by atoms with E-state index in [-0.39, 0.29) is 36.8 Å². The van der Waals surface area contributed by atoms with Crippen molar-refractivity contribution in [3.63, 3.8) is 0 Å². The minimum absolute atomic E-state index is 0. The molecule has 2 N–H and O–H groups in total. The van der Waals surface area contributed by atoms with Crippen LogP contribution in [0.3, 0.4) is 0 Å².